The number of nitrogens with zero attached hydrogens (tertiary/aromatic N) is 1. The molecule has 3 rings (SSSR count). The van der Waals surface area contributed by atoms with Gasteiger partial charge in [-0.3, -0.25) is 4.90 Å². The first-order valence-corrected chi connectivity index (χ1v) is 7.92. The third-order valence-corrected chi connectivity index (χ3v) is 4.83. The number of halogens is 1. The summed E-state index contributed by atoms with van der Waals surface area (Å²) in [6.07, 6.45) is 5.30. The van der Waals surface area contributed by atoms with Crippen LogP contribution in [-0.2, 0) is 0 Å². The van der Waals surface area contributed by atoms with Crippen molar-refractivity contribution in [1.82, 2.24) is 10.2 Å². The Morgan fingerprint density at radius 1 is 1.05 bits per heavy atom. The van der Waals surface area contributed by atoms with E-state index < -0.39 is 0 Å². The van der Waals surface area contributed by atoms with Gasteiger partial charge in [0.2, 0.25) is 0 Å². The first-order chi connectivity index (χ1) is 9.34. The quantitative estimate of drug-likeness (QED) is 0.911. The maximum absolute atomic E-state index is 6.04. The van der Waals surface area contributed by atoms with Gasteiger partial charge in [0.25, 0.3) is 0 Å². The standard InChI is InChI=1S/C16H23ClN2/c17-15-5-3-13(4-6-15)16(19-11-1-2-12-19)14-7-9-18-10-8-14/h3-6,14,16,18H,1-2,7-12H2. The summed E-state index contributed by atoms with van der Waals surface area (Å²) in [5.41, 5.74) is 1.46. The highest BCUT2D eigenvalue weighted by atomic mass is 35.5. The number of rotatable bonds is 3. The summed E-state index contributed by atoms with van der Waals surface area (Å²) < 4.78 is 0. The fourth-order valence-electron chi connectivity index (χ4n) is 3.62. The van der Waals surface area contributed by atoms with Gasteiger partial charge in [0.1, 0.15) is 0 Å². The lowest BCUT2D eigenvalue weighted by molar-refractivity contribution is 0.148. The first kappa shape index (κ1) is 13.4. The van der Waals surface area contributed by atoms with Gasteiger partial charge in [-0.05, 0) is 75.5 Å². The van der Waals surface area contributed by atoms with Crippen LogP contribution in [0.4, 0.5) is 0 Å². The maximum Gasteiger partial charge on any atom is 0.0406 e. The second-order valence-corrected chi connectivity index (χ2v) is 6.26. The maximum atomic E-state index is 6.04. The Kier molecular flexibility index (Phi) is 4.42. The van der Waals surface area contributed by atoms with Gasteiger partial charge < -0.3 is 5.32 Å². The van der Waals surface area contributed by atoms with E-state index in [1.165, 1.54) is 57.4 Å². The first-order valence-electron chi connectivity index (χ1n) is 7.55. The van der Waals surface area contributed by atoms with E-state index in [4.69, 9.17) is 11.6 Å². The van der Waals surface area contributed by atoms with Gasteiger partial charge in [0, 0.05) is 11.1 Å². The van der Waals surface area contributed by atoms with Crippen molar-refractivity contribution in [3.8, 4) is 0 Å². The molecular weight excluding hydrogens is 256 g/mol. The largest absolute Gasteiger partial charge is 0.317 e. The van der Waals surface area contributed by atoms with Crippen molar-refractivity contribution in [2.75, 3.05) is 26.2 Å². The van der Waals surface area contributed by atoms with Gasteiger partial charge in [0.15, 0.2) is 0 Å². The summed E-state index contributed by atoms with van der Waals surface area (Å²) in [5, 5.41) is 4.32. The minimum Gasteiger partial charge on any atom is -0.317 e. The van der Waals surface area contributed by atoms with Crippen LogP contribution >= 0.6 is 11.6 Å². The van der Waals surface area contributed by atoms with E-state index in [-0.39, 0.29) is 0 Å². The molecule has 1 aromatic carbocycles. The Bertz CT molecular complexity index is 392. The Morgan fingerprint density at radius 2 is 1.68 bits per heavy atom. The van der Waals surface area contributed by atoms with Gasteiger partial charge in [0.05, 0.1) is 0 Å². The average molecular weight is 279 g/mol. The summed E-state index contributed by atoms with van der Waals surface area (Å²) in [7, 11) is 0. The zero-order valence-corrected chi connectivity index (χ0v) is 12.2. The van der Waals surface area contributed by atoms with Gasteiger partial charge in [-0.25, -0.2) is 0 Å². The molecule has 2 nitrogen and oxygen atoms in total. The highest BCUT2D eigenvalue weighted by Crippen LogP contribution is 2.36. The SMILES string of the molecule is Clc1ccc(C(C2CCNCC2)N2CCCC2)cc1. The van der Waals surface area contributed by atoms with Crippen molar-refractivity contribution >= 4 is 11.6 Å². The smallest absolute Gasteiger partial charge is 0.0406 e. The highest BCUT2D eigenvalue weighted by Gasteiger charge is 2.31. The molecule has 2 fully saturated rings. The molecule has 1 N–H and O–H groups in total. The van der Waals surface area contributed by atoms with Crippen LogP contribution in [-0.4, -0.2) is 31.1 Å². The molecule has 3 heteroatoms. The van der Waals surface area contributed by atoms with Crippen molar-refractivity contribution in [3.63, 3.8) is 0 Å². The fourth-order valence-corrected chi connectivity index (χ4v) is 3.75. The van der Waals surface area contributed by atoms with E-state index in [9.17, 15) is 0 Å². The fraction of sp³-hybridized carbons (Fsp3) is 0.625. The van der Waals surface area contributed by atoms with Crippen molar-refractivity contribution in [2.45, 2.75) is 31.7 Å². The van der Waals surface area contributed by atoms with Crippen molar-refractivity contribution in [2.24, 2.45) is 5.92 Å². The van der Waals surface area contributed by atoms with Gasteiger partial charge in [-0.2, -0.15) is 0 Å². The zero-order chi connectivity index (χ0) is 13.1. The second-order valence-electron chi connectivity index (χ2n) is 5.83. The van der Waals surface area contributed by atoms with E-state index in [0.717, 1.165) is 10.9 Å². The lowest BCUT2D eigenvalue weighted by Crippen LogP contribution is -2.37. The van der Waals surface area contributed by atoms with E-state index in [1.807, 2.05) is 12.1 Å². The average Bonchev–Trinajstić information content (AvgIpc) is 2.96. The summed E-state index contributed by atoms with van der Waals surface area (Å²) in [5.74, 6) is 0.792. The predicted molar refractivity (Wildman–Crippen MR) is 80.6 cm³/mol. The Labute approximate surface area is 121 Å². The normalized spacial score (nSPS) is 23.6. The molecule has 2 heterocycles. The van der Waals surface area contributed by atoms with Gasteiger partial charge >= 0.3 is 0 Å². The molecule has 104 valence electrons. The molecular formula is C16H23ClN2. The third-order valence-electron chi connectivity index (χ3n) is 4.58. The summed E-state index contributed by atoms with van der Waals surface area (Å²) in [6.45, 7) is 4.86. The van der Waals surface area contributed by atoms with Gasteiger partial charge in [-0.1, -0.05) is 23.7 Å². The van der Waals surface area contributed by atoms with Crippen LogP contribution in [0.1, 0.15) is 37.3 Å². The number of likely N-dealkylation sites (tertiary alicyclic amines) is 1. The Hall–Kier alpha value is -0.570. The minimum atomic E-state index is 0.599. The van der Waals surface area contributed by atoms with Gasteiger partial charge in [-0.15, -0.1) is 0 Å². The second kappa shape index (κ2) is 6.25. The van der Waals surface area contributed by atoms with Crippen LogP contribution in [0.2, 0.25) is 5.02 Å². The molecule has 1 aromatic rings. The zero-order valence-electron chi connectivity index (χ0n) is 11.4. The predicted octanol–water partition coefficient (Wildman–Crippen LogP) is 3.48. The number of hydrogen-bond donors (Lipinski definition) is 1. The molecule has 19 heavy (non-hydrogen) atoms. The third kappa shape index (κ3) is 3.13. The van der Waals surface area contributed by atoms with Crippen molar-refractivity contribution < 1.29 is 0 Å². The Balaban J connectivity index is 1.83. The van der Waals surface area contributed by atoms with Crippen LogP contribution in [0.15, 0.2) is 24.3 Å². The summed E-state index contributed by atoms with van der Waals surface area (Å²) in [4.78, 5) is 2.69. The summed E-state index contributed by atoms with van der Waals surface area (Å²) in [6, 6.07) is 9.14. The van der Waals surface area contributed by atoms with Crippen molar-refractivity contribution in [1.29, 1.82) is 0 Å². The Morgan fingerprint density at radius 3 is 2.32 bits per heavy atom. The number of hydrogen-bond acceptors (Lipinski definition) is 2. The van der Waals surface area contributed by atoms with E-state index in [2.05, 4.69) is 22.3 Å². The summed E-state index contributed by atoms with van der Waals surface area (Å²) >= 11 is 6.04. The topological polar surface area (TPSA) is 15.3 Å². The van der Waals surface area contributed by atoms with Crippen LogP contribution in [0.3, 0.4) is 0 Å². The number of piperidine rings is 1. The molecule has 0 bridgehead atoms. The molecule has 1 atom stereocenters. The molecule has 0 saturated carbocycles. The molecule has 0 spiro atoms. The molecule has 0 aromatic heterocycles. The molecule has 1 unspecified atom stereocenters. The molecule has 2 aliphatic rings. The molecule has 0 radical (unpaired) electrons. The van der Waals surface area contributed by atoms with Crippen LogP contribution in [0.5, 0.6) is 0 Å². The monoisotopic (exact) mass is 278 g/mol. The lowest BCUT2D eigenvalue weighted by Gasteiger charge is -2.37. The van der Waals surface area contributed by atoms with E-state index in [0.29, 0.717) is 6.04 Å². The lowest BCUT2D eigenvalue weighted by atomic mass is 9.85. The van der Waals surface area contributed by atoms with Crippen LogP contribution < -0.4 is 5.32 Å². The van der Waals surface area contributed by atoms with E-state index >= 15 is 0 Å². The molecule has 0 aliphatic carbocycles. The minimum absolute atomic E-state index is 0.599. The highest BCUT2D eigenvalue weighted by molar-refractivity contribution is 6.30. The molecule has 2 saturated heterocycles. The van der Waals surface area contributed by atoms with E-state index in [1.54, 1.807) is 0 Å². The number of benzene rings is 1. The molecule has 2 aliphatic heterocycles. The van der Waals surface area contributed by atoms with Crippen molar-refractivity contribution in [3.05, 3.63) is 34.9 Å². The molecule has 0 amide bonds. The van der Waals surface area contributed by atoms with Crippen LogP contribution in [0.25, 0.3) is 0 Å². The van der Waals surface area contributed by atoms with Crippen LogP contribution in [0, 0.1) is 5.92 Å². The number of nitrogens with one attached hydrogen (secondary N) is 1.